The standard InChI is InChI=1S/C23H17F3N6O2/c1-33-18-8-13-17(9-19(18)34-2)30-23(29-16-6-4-14(24)20(25)21(16)26)31-22(13)28-12-3-5-15-11(7-12)10-27-32-15/h3-10H,1-2H3,(H,27,32)(H2,28,29,30,31). The second-order valence-electron chi connectivity index (χ2n) is 7.27. The highest BCUT2D eigenvalue weighted by Gasteiger charge is 2.17. The van der Waals surface area contributed by atoms with Gasteiger partial charge in [0.15, 0.2) is 29.0 Å². The Morgan fingerprint density at radius 2 is 1.65 bits per heavy atom. The number of nitrogens with one attached hydrogen (secondary N) is 3. The summed E-state index contributed by atoms with van der Waals surface area (Å²) in [5.41, 5.74) is 1.68. The number of methoxy groups -OCH3 is 2. The molecule has 0 radical (unpaired) electrons. The van der Waals surface area contributed by atoms with Crippen molar-refractivity contribution in [2.75, 3.05) is 24.9 Å². The zero-order valence-electron chi connectivity index (χ0n) is 17.9. The number of hydrogen-bond acceptors (Lipinski definition) is 7. The van der Waals surface area contributed by atoms with Crippen molar-refractivity contribution in [1.82, 2.24) is 20.2 Å². The van der Waals surface area contributed by atoms with Crippen molar-refractivity contribution in [3.8, 4) is 11.5 Å². The molecule has 172 valence electrons. The lowest BCUT2D eigenvalue weighted by Gasteiger charge is -2.15. The van der Waals surface area contributed by atoms with E-state index in [4.69, 9.17) is 9.47 Å². The number of aromatic nitrogens is 4. The quantitative estimate of drug-likeness (QED) is 0.287. The van der Waals surface area contributed by atoms with Gasteiger partial charge >= 0.3 is 0 Å². The summed E-state index contributed by atoms with van der Waals surface area (Å²) in [6, 6.07) is 10.8. The number of fused-ring (bicyclic) bond motifs is 2. The summed E-state index contributed by atoms with van der Waals surface area (Å²) in [6.45, 7) is 0. The number of nitrogens with zero attached hydrogens (tertiary/aromatic N) is 3. The Morgan fingerprint density at radius 3 is 2.44 bits per heavy atom. The second-order valence-corrected chi connectivity index (χ2v) is 7.27. The third kappa shape index (κ3) is 3.76. The molecule has 0 fully saturated rings. The number of rotatable bonds is 6. The first-order valence-electron chi connectivity index (χ1n) is 10.0. The van der Waals surface area contributed by atoms with Crippen LogP contribution in [0.25, 0.3) is 21.8 Å². The Hall–Kier alpha value is -4.54. The van der Waals surface area contributed by atoms with Gasteiger partial charge in [-0.3, -0.25) is 5.10 Å². The molecule has 2 aromatic heterocycles. The average molecular weight is 466 g/mol. The monoisotopic (exact) mass is 466 g/mol. The molecule has 3 aromatic carbocycles. The number of H-pyrrole nitrogens is 1. The van der Waals surface area contributed by atoms with Gasteiger partial charge in [0.25, 0.3) is 0 Å². The van der Waals surface area contributed by atoms with E-state index in [1.165, 1.54) is 14.2 Å². The van der Waals surface area contributed by atoms with Crippen LogP contribution in [0.2, 0.25) is 0 Å². The van der Waals surface area contributed by atoms with Crippen molar-refractivity contribution in [2.24, 2.45) is 0 Å². The van der Waals surface area contributed by atoms with Gasteiger partial charge in [-0.2, -0.15) is 10.1 Å². The van der Waals surface area contributed by atoms with Crippen molar-refractivity contribution in [1.29, 1.82) is 0 Å². The molecule has 3 N–H and O–H groups in total. The van der Waals surface area contributed by atoms with Crippen LogP contribution in [-0.4, -0.2) is 34.4 Å². The van der Waals surface area contributed by atoms with Gasteiger partial charge in [-0.25, -0.2) is 18.2 Å². The number of aromatic amines is 1. The predicted octanol–water partition coefficient (Wildman–Crippen LogP) is 5.43. The highest BCUT2D eigenvalue weighted by atomic mass is 19.2. The topological polar surface area (TPSA) is 97.0 Å². The van der Waals surface area contributed by atoms with Crippen molar-refractivity contribution in [3.05, 3.63) is 66.1 Å². The zero-order chi connectivity index (χ0) is 23.8. The molecule has 0 aliphatic carbocycles. The predicted molar refractivity (Wildman–Crippen MR) is 122 cm³/mol. The second kappa shape index (κ2) is 8.43. The summed E-state index contributed by atoms with van der Waals surface area (Å²) in [4.78, 5) is 8.84. The summed E-state index contributed by atoms with van der Waals surface area (Å²) < 4.78 is 52.1. The van der Waals surface area contributed by atoms with Gasteiger partial charge in [-0.05, 0) is 36.4 Å². The minimum atomic E-state index is -1.59. The molecule has 0 aliphatic heterocycles. The molecule has 8 nitrogen and oxygen atoms in total. The third-order valence-corrected chi connectivity index (χ3v) is 5.19. The van der Waals surface area contributed by atoms with Crippen molar-refractivity contribution in [2.45, 2.75) is 0 Å². The summed E-state index contributed by atoms with van der Waals surface area (Å²) in [7, 11) is 2.99. The Balaban J connectivity index is 1.64. The molecule has 0 saturated carbocycles. The Bertz CT molecular complexity index is 1540. The van der Waals surface area contributed by atoms with Crippen LogP contribution in [-0.2, 0) is 0 Å². The fourth-order valence-corrected chi connectivity index (χ4v) is 3.51. The highest BCUT2D eigenvalue weighted by molar-refractivity contribution is 5.95. The highest BCUT2D eigenvalue weighted by Crippen LogP contribution is 2.36. The van der Waals surface area contributed by atoms with E-state index in [2.05, 4.69) is 30.8 Å². The van der Waals surface area contributed by atoms with Gasteiger partial charge in [0.1, 0.15) is 5.82 Å². The molecule has 5 aromatic rings. The molecular formula is C23H17F3N6O2. The van der Waals surface area contributed by atoms with Crippen LogP contribution in [0.3, 0.4) is 0 Å². The lowest BCUT2D eigenvalue weighted by molar-refractivity contribution is 0.356. The molecule has 0 bridgehead atoms. The van der Waals surface area contributed by atoms with E-state index >= 15 is 0 Å². The van der Waals surface area contributed by atoms with Gasteiger partial charge in [0.2, 0.25) is 5.95 Å². The molecular weight excluding hydrogens is 449 g/mol. The van der Waals surface area contributed by atoms with Crippen LogP contribution in [0.5, 0.6) is 11.5 Å². The van der Waals surface area contributed by atoms with Crippen LogP contribution >= 0.6 is 0 Å². The number of halogens is 3. The summed E-state index contributed by atoms with van der Waals surface area (Å²) >= 11 is 0. The molecule has 0 unspecified atom stereocenters. The lowest BCUT2D eigenvalue weighted by Crippen LogP contribution is -2.05. The molecule has 0 saturated heterocycles. The summed E-state index contributed by atoms with van der Waals surface area (Å²) in [5, 5.41) is 14.2. The summed E-state index contributed by atoms with van der Waals surface area (Å²) in [6.07, 6.45) is 1.69. The average Bonchev–Trinajstić information content (AvgIpc) is 3.31. The van der Waals surface area contributed by atoms with E-state index < -0.39 is 17.5 Å². The maximum Gasteiger partial charge on any atom is 0.229 e. The van der Waals surface area contributed by atoms with Crippen molar-refractivity contribution < 1.29 is 22.6 Å². The van der Waals surface area contributed by atoms with Crippen molar-refractivity contribution >= 4 is 44.9 Å². The minimum Gasteiger partial charge on any atom is -0.493 e. The van der Waals surface area contributed by atoms with Crippen LogP contribution in [0.1, 0.15) is 0 Å². The van der Waals surface area contributed by atoms with E-state index in [9.17, 15) is 13.2 Å². The molecule has 5 rings (SSSR count). The Morgan fingerprint density at radius 1 is 0.853 bits per heavy atom. The smallest absolute Gasteiger partial charge is 0.229 e. The van der Waals surface area contributed by atoms with Crippen LogP contribution < -0.4 is 20.1 Å². The maximum absolute atomic E-state index is 14.3. The minimum absolute atomic E-state index is 0.0449. The molecule has 0 atom stereocenters. The van der Waals surface area contributed by atoms with E-state index in [1.54, 1.807) is 18.3 Å². The lowest BCUT2D eigenvalue weighted by atomic mass is 10.2. The SMILES string of the molecule is COc1cc2nc(Nc3ccc(F)c(F)c3F)nc(Nc3ccc4[nH]ncc4c3)c2cc1OC. The molecule has 11 heteroatoms. The number of benzene rings is 3. The van der Waals surface area contributed by atoms with Crippen LogP contribution in [0, 0.1) is 17.5 Å². The van der Waals surface area contributed by atoms with E-state index in [-0.39, 0.29) is 11.6 Å². The van der Waals surface area contributed by atoms with E-state index in [0.717, 1.165) is 23.0 Å². The maximum atomic E-state index is 14.3. The van der Waals surface area contributed by atoms with Crippen molar-refractivity contribution in [3.63, 3.8) is 0 Å². The van der Waals surface area contributed by atoms with Gasteiger partial charge in [0.05, 0.1) is 37.1 Å². The molecule has 0 aliphatic rings. The largest absolute Gasteiger partial charge is 0.493 e. The van der Waals surface area contributed by atoms with E-state index in [0.29, 0.717) is 33.9 Å². The normalized spacial score (nSPS) is 11.1. The molecule has 34 heavy (non-hydrogen) atoms. The first kappa shape index (κ1) is 21.3. The first-order valence-corrected chi connectivity index (χ1v) is 10.0. The molecule has 0 amide bonds. The summed E-state index contributed by atoms with van der Waals surface area (Å²) in [5.74, 6) is -3.07. The van der Waals surface area contributed by atoms with E-state index in [1.807, 2.05) is 18.2 Å². The molecule has 0 spiro atoms. The zero-order valence-corrected chi connectivity index (χ0v) is 17.9. The van der Waals surface area contributed by atoms with Crippen LogP contribution in [0.4, 0.5) is 36.3 Å². The Kier molecular flexibility index (Phi) is 5.28. The third-order valence-electron chi connectivity index (χ3n) is 5.19. The van der Waals surface area contributed by atoms with Crippen LogP contribution in [0.15, 0.2) is 48.7 Å². The number of hydrogen-bond donors (Lipinski definition) is 3. The van der Waals surface area contributed by atoms with Gasteiger partial charge in [0, 0.05) is 22.5 Å². The first-order chi connectivity index (χ1) is 16.5. The Labute approximate surface area is 190 Å². The fraction of sp³-hybridized carbons (Fsp3) is 0.0870. The molecule has 2 heterocycles. The van der Waals surface area contributed by atoms with Gasteiger partial charge in [-0.15, -0.1) is 0 Å². The van der Waals surface area contributed by atoms with Gasteiger partial charge < -0.3 is 20.1 Å². The fourth-order valence-electron chi connectivity index (χ4n) is 3.51. The van der Waals surface area contributed by atoms with Gasteiger partial charge in [-0.1, -0.05) is 0 Å². The number of ether oxygens (including phenoxy) is 2. The number of anilines is 4.